The van der Waals surface area contributed by atoms with Crippen LogP contribution in [0.3, 0.4) is 0 Å². The second-order valence-corrected chi connectivity index (χ2v) is 3.25. The van der Waals surface area contributed by atoms with Gasteiger partial charge in [-0.05, 0) is 24.6 Å². The fourth-order valence-corrected chi connectivity index (χ4v) is 0.979. The zero-order valence-corrected chi connectivity index (χ0v) is 8.65. The molecule has 0 aromatic carbocycles. The van der Waals surface area contributed by atoms with Crippen molar-refractivity contribution in [1.82, 2.24) is 9.88 Å². The average molecular weight is 187 g/mol. The number of aromatic nitrogens is 1. The third kappa shape index (κ3) is 2.33. The highest BCUT2D eigenvalue weighted by Crippen LogP contribution is 2.11. The van der Waals surface area contributed by atoms with Crippen LogP contribution in [0.1, 0.15) is 18.1 Å². The summed E-state index contributed by atoms with van der Waals surface area (Å²) in [5, 5.41) is 8.84. The van der Waals surface area contributed by atoms with Gasteiger partial charge in [0, 0.05) is 32.2 Å². The monoisotopic (exact) mass is 187 g/mol. The summed E-state index contributed by atoms with van der Waals surface area (Å²) in [6.45, 7) is 2.00. The first-order chi connectivity index (χ1) is 6.65. The van der Waals surface area contributed by atoms with E-state index in [4.69, 9.17) is 5.26 Å². The van der Waals surface area contributed by atoms with Crippen molar-refractivity contribution in [2.24, 2.45) is 0 Å². The first-order valence-electron chi connectivity index (χ1n) is 4.35. The van der Waals surface area contributed by atoms with E-state index in [1.54, 1.807) is 12.4 Å². The minimum Gasteiger partial charge on any atom is -0.381 e. The van der Waals surface area contributed by atoms with E-state index in [1.165, 1.54) is 0 Å². The van der Waals surface area contributed by atoms with Crippen LogP contribution in [0.25, 0.3) is 6.08 Å². The van der Waals surface area contributed by atoms with Gasteiger partial charge in [0.2, 0.25) is 0 Å². The van der Waals surface area contributed by atoms with Crippen molar-refractivity contribution in [3.05, 3.63) is 35.3 Å². The van der Waals surface area contributed by atoms with E-state index >= 15 is 0 Å². The molecule has 1 aromatic rings. The molecule has 0 fully saturated rings. The zero-order chi connectivity index (χ0) is 10.6. The summed E-state index contributed by atoms with van der Waals surface area (Å²) in [4.78, 5) is 5.90. The molecule has 0 radical (unpaired) electrons. The Labute approximate surface area is 84.3 Å². The maximum absolute atomic E-state index is 8.84. The van der Waals surface area contributed by atoms with Crippen LogP contribution in [0, 0.1) is 11.3 Å². The van der Waals surface area contributed by atoms with Crippen LogP contribution >= 0.6 is 0 Å². The van der Waals surface area contributed by atoms with Gasteiger partial charge in [-0.25, -0.2) is 0 Å². The summed E-state index contributed by atoms with van der Waals surface area (Å²) in [6.07, 6.45) is 5.24. The Hall–Kier alpha value is -1.82. The maximum Gasteiger partial charge on any atom is 0.101 e. The van der Waals surface area contributed by atoms with Gasteiger partial charge < -0.3 is 4.90 Å². The summed E-state index contributed by atoms with van der Waals surface area (Å²) >= 11 is 0. The van der Waals surface area contributed by atoms with Gasteiger partial charge in [0.25, 0.3) is 0 Å². The normalized spacial score (nSPS) is 10.9. The molecule has 3 nitrogen and oxygen atoms in total. The van der Waals surface area contributed by atoms with Gasteiger partial charge in [0.1, 0.15) is 6.07 Å². The molecule has 0 bridgehead atoms. The second-order valence-electron chi connectivity index (χ2n) is 3.25. The van der Waals surface area contributed by atoms with Gasteiger partial charge in [0.15, 0.2) is 0 Å². The molecule has 0 spiro atoms. The lowest BCUT2D eigenvalue weighted by Crippen LogP contribution is -2.07. The zero-order valence-electron chi connectivity index (χ0n) is 8.65. The van der Waals surface area contributed by atoms with Crippen LogP contribution in [-0.4, -0.2) is 24.0 Å². The molecule has 0 aliphatic carbocycles. The molecular weight excluding hydrogens is 174 g/mol. The lowest BCUT2D eigenvalue weighted by molar-refractivity contribution is 0.518. The first-order valence-corrected chi connectivity index (χ1v) is 4.35. The van der Waals surface area contributed by atoms with Gasteiger partial charge in [-0.1, -0.05) is 0 Å². The fraction of sp³-hybridized carbons (Fsp3) is 0.273. The molecule has 3 heteroatoms. The van der Waals surface area contributed by atoms with Crippen molar-refractivity contribution in [3.63, 3.8) is 0 Å². The van der Waals surface area contributed by atoms with Gasteiger partial charge in [-0.2, -0.15) is 5.26 Å². The topological polar surface area (TPSA) is 39.9 Å². The first kappa shape index (κ1) is 10.3. The van der Waals surface area contributed by atoms with Gasteiger partial charge in [-0.15, -0.1) is 0 Å². The highest BCUT2D eigenvalue weighted by atomic mass is 15.1. The van der Waals surface area contributed by atoms with Crippen molar-refractivity contribution in [2.75, 3.05) is 14.1 Å². The smallest absolute Gasteiger partial charge is 0.101 e. The van der Waals surface area contributed by atoms with Crippen molar-refractivity contribution >= 4 is 6.08 Å². The highest BCUT2D eigenvalue weighted by Gasteiger charge is 1.99. The van der Waals surface area contributed by atoms with Gasteiger partial charge >= 0.3 is 0 Å². The molecule has 1 heterocycles. The number of nitrogens with zero attached hydrogens (tertiary/aromatic N) is 3. The van der Waals surface area contributed by atoms with Crippen LogP contribution in [0.2, 0.25) is 0 Å². The molecular formula is C11H13N3. The molecule has 0 saturated carbocycles. The molecule has 0 saturated heterocycles. The van der Waals surface area contributed by atoms with E-state index in [0.29, 0.717) is 5.56 Å². The predicted molar refractivity (Wildman–Crippen MR) is 56.3 cm³/mol. The van der Waals surface area contributed by atoms with Crippen LogP contribution in [0.5, 0.6) is 0 Å². The molecule has 0 aliphatic rings. The van der Waals surface area contributed by atoms with Crippen molar-refractivity contribution in [2.45, 2.75) is 6.92 Å². The Morgan fingerprint density at radius 3 is 2.86 bits per heavy atom. The molecule has 72 valence electrons. The van der Waals surface area contributed by atoms with Crippen LogP contribution in [0.4, 0.5) is 0 Å². The predicted octanol–water partition coefficient (Wildman–Crippen LogP) is 1.88. The van der Waals surface area contributed by atoms with Gasteiger partial charge in [0.05, 0.1) is 5.56 Å². The Morgan fingerprint density at radius 1 is 1.57 bits per heavy atom. The van der Waals surface area contributed by atoms with Crippen LogP contribution in [0.15, 0.2) is 24.2 Å². The minimum absolute atomic E-state index is 0.605. The molecule has 0 amide bonds. The molecule has 0 atom stereocenters. The summed E-state index contributed by atoms with van der Waals surface area (Å²) in [5.74, 6) is 0. The Balaban J connectivity index is 3.09. The molecule has 0 N–H and O–H groups in total. The molecule has 0 aliphatic heterocycles. The average Bonchev–Trinajstić information content (AvgIpc) is 2.18. The summed E-state index contributed by atoms with van der Waals surface area (Å²) in [5.41, 5.74) is 2.62. The summed E-state index contributed by atoms with van der Waals surface area (Å²) in [6, 6.07) is 3.95. The van der Waals surface area contributed by atoms with Crippen molar-refractivity contribution < 1.29 is 0 Å². The number of hydrogen-bond donors (Lipinski definition) is 0. The minimum atomic E-state index is 0.605. The standard InChI is InChI=1S/C11H13N3/c1-9(14(2)3)6-10-4-5-13-8-11(10)7-12/h4-6,8H,1-3H3/b9-6-. The highest BCUT2D eigenvalue weighted by molar-refractivity contribution is 5.58. The number of nitriles is 1. The number of hydrogen-bond acceptors (Lipinski definition) is 3. The summed E-state index contributed by atoms with van der Waals surface area (Å²) < 4.78 is 0. The summed E-state index contributed by atoms with van der Waals surface area (Å²) in [7, 11) is 3.94. The lowest BCUT2D eigenvalue weighted by atomic mass is 10.1. The van der Waals surface area contributed by atoms with E-state index in [0.717, 1.165) is 11.3 Å². The molecule has 14 heavy (non-hydrogen) atoms. The van der Waals surface area contributed by atoms with E-state index in [1.807, 2.05) is 38.1 Å². The third-order valence-corrected chi connectivity index (χ3v) is 2.05. The van der Waals surface area contributed by atoms with E-state index in [-0.39, 0.29) is 0 Å². The SMILES string of the molecule is C/C(=C/c1ccncc1C#N)N(C)C. The van der Waals surface area contributed by atoms with Gasteiger partial charge in [-0.3, -0.25) is 4.98 Å². The number of pyridine rings is 1. The van der Waals surface area contributed by atoms with Crippen LogP contribution < -0.4 is 0 Å². The molecule has 0 unspecified atom stereocenters. The third-order valence-electron chi connectivity index (χ3n) is 2.05. The van der Waals surface area contributed by atoms with Crippen molar-refractivity contribution in [3.8, 4) is 6.07 Å². The van der Waals surface area contributed by atoms with E-state index in [9.17, 15) is 0 Å². The van der Waals surface area contributed by atoms with Crippen LogP contribution in [-0.2, 0) is 0 Å². The quantitative estimate of drug-likeness (QED) is 0.709. The Kier molecular flexibility index (Phi) is 3.24. The lowest BCUT2D eigenvalue weighted by Gasteiger charge is -2.12. The fourth-order valence-electron chi connectivity index (χ4n) is 0.979. The molecule has 1 aromatic heterocycles. The van der Waals surface area contributed by atoms with E-state index < -0.39 is 0 Å². The maximum atomic E-state index is 8.84. The number of allylic oxidation sites excluding steroid dienone is 1. The van der Waals surface area contributed by atoms with E-state index in [2.05, 4.69) is 11.1 Å². The Morgan fingerprint density at radius 2 is 2.29 bits per heavy atom. The second kappa shape index (κ2) is 4.43. The number of rotatable bonds is 2. The molecule has 1 rings (SSSR count). The Bertz CT molecular complexity index is 386. The van der Waals surface area contributed by atoms with Crippen molar-refractivity contribution in [1.29, 1.82) is 5.26 Å². The largest absolute Gasteiger partial charge is 0.381 e.